The van der Waals surface area contributed by atoms with E-state index >= 15 is 0 Å². The highest BCUT2D eigenvalue weighted by molar-refractivity contribution is 5.75. The van der Waals surface area contributed by atoms with Gasteiger partial charge in [0.15, 0.2) is 0 Å². The Balaban J connectivity index is 2.54. The minimum Gasteiger partial charge on any atom is -0.412 e. The molecule has 0 amide bonds. The summed E-state index contributed by atoms with van der Waals surface area (Å²) in [7, 11) is 0. The first-order chi connectivity index (χ1) is 13.2. The third kappa shape index (κ3) is 5.41. The van der Waals surface area contributed by atoms with Crippen LogP contribution in [0.25, 0.3) is 0 Å². The first kappa shape index (κ1) is 22.1. The van der Waals surface area contributed by atoms with E-state index in [9.17, 15) is 29.4 Å². The second kappa shape index (κ2) is 9.33. The van der Waals surface area contributed by atoms with Crippen LogP contribution in [0.5, 0.6) is 0 Å². The molecule has 0 bridgehead atoms. The number of ether oxygens (including phenoxy) is 4. The number of carbonyl (C=O) groups excluding carboxylic acids is 4. The zero-order valence-corrected chi connectivity index (χ0v) is 15.8. The standard InChI is InChI=1S/C18H26O10/c1-2-12(19)11-17(25-13(20)7-3-4-8-14(21)26-17)18(24)27-15(22)9-5-6-10-16(23)28-18/h12,19,24H,2-11H2,1H3. The minimum atomic E-state index is -3.22. The van der Waals surface area contributed by atoms with Gasteiger partial charge in [-0.25, -0.2) is 0 Å². The van der Waals surface area contributed by atoms with Crippen molar-refractivity contribution in [1.29, 1.82) is 0 Å². The number of esters is 4. The van der Waals surface area contributed by atoms with Gasteiger partial charge in [0.25, 0.3) is 0 Å². The van der Waals surface area contributed by atoms with E-state index in [1.165, 1.54) is 0 Å². The Hall–Kier alpha value is -2.20. The Kier molecular flexibility index (Phi) is 7.36. The third-order valence-electron chi connectivity index (χ3n) is 4.54. The number of carbonyl (C=O) groups is 4. The van der Waals surface area contributed by atoms with Crippen LogP contribution in [-0.4, -0.2) is 52.0 Å². The minimum absolute atomic E-state index is 0.0986. The molecule has 2 aliphatic rings. The molecule has 0 saturated carbocycles. The van der Waals surface area contributed by atoms with Gasteiger partial charge in [0, 0.05) is 25.7 Å². The van der Waals surface area contributed by atoms with Crippen molar-refractivity contribution in [1.82, 2.24) is 0 Å². The maximum atomic E-state index is 12.3. The fraction of sp³-hybridized carbons (Fsp3) is 0.778. The van der Waals surface area contributed by atoms with Crippen LogP contribution in [0.2, 0.25) is 0 Å². The summed E-state index contributed by atoms with van der Waals surface area (Å²) in [6.45, 7) is 1.60. The van der Waals surface area contributed by atoms with E-state index in [2.05, 4.69) is 0 Å². The van der Waals surface area contributed by atoms with Crippen LogP contribution in [0.3, 0.4) is 0 Å². The molecule has 0 aromatic heterocycles. The molecule has 2 fully saturated rings. The highest BCUT2D eigenvalue weighted by Gasteiger charge is 2.66. The van der Waals surface area contributed by atoms with E-state index in [1.807, 2.05) is 0 Å². The van der Waals surface area contributed by atoms with Gasteiger partial charge in [0.1, 0.15) is 0 Å². The summed E-state index contributed by atoms with van der Waals surface area (Å²) in [4.78, 5) is 48.8. The zero-order valence-electron chi connectivity index (χ0n) is 15.8. The smallest absolute Gasteiger partial charge is 0.412 e. The quantitative estimate of drug-likeness (QED) is 0.648. The summed E-state index contributed by atoms with van der Waals surface area (Å²) in [5.41, 5.74) is 0. The molecule has 2 saturated heterocycles. The molecule has 0 aromatic rings. The molecule has 1 unspecified atom stereocenters. The van der Waals surface area contributed by atoms with Crippen LogP contribution in [0.15, 0.2) is 0 Å². The lowest BCUT2D eigenvalue weighted by molar-refractivity contribution is -0.446. The maximum Gasteiger partial charge on any atom is 0.456 e. The topological polar surface area (TPSA) is 146 Å². The van der Waals surface area contributed by atoms with E-state index in [-0.39, 0.29) is 32.1 Å². The second-order valence-electron chi connectivity index (χ2n) is 6.91. The largest absolute Gasteiger partial charge is 0.456 e. The molecule has 1 atom stereocenters. The van der Waals surface area contributed by atoms with E-state index in [1.54, 1.807) is 6.92 Å². The summed E-state index contributed by atoms with van der Waals surface area (Å²) >= 11 is 0. The van der Waals surface area contributed by atoms with Gasteiger partial charge >= 0.3 is 35.6 Å². The molecule has 0 radical (unpaired) electrons. The van der Waals surface area contributed by atoms with E-state index in [0.29, 0.717) is 25.7 Å². The number of hydrogen-bond donors (Lipinski definition) is 2. The van der Waals surface area contributed by atoms with Gasteiger partial charge in [-0.05, 0) is 32.1 Å². The number of cyclic esters (lactones) is 4. The summed E-state index contributed by atoms with van der Waals surface area (Å²) in [5, 5.41) is 21.2. The van der Waals surface area contributed by atoms with Crippen molar-refractivity contribution in [2.24, 2.45) is 0 Å². The predicted octanol–water partition coefficient (Wildman–Crippen LogP) is 0.811. The van der Waals surface area contributed by atoms with Crippen molar-refractivity contribution in [2.45, 2.75) is 89.0 Å². The van der Waals surface area contributed by atoms with Crippen LogP contribution in [0.1, 0.15) is 71.1 Å². The van der Waals surface area contributed by atoms with Gasteiger partial charge < -0.3 is 29.2 Å². The van der Waals surface area contributed by atoms with Crippen molar-refractivity contribution in [3.63, 3.8) is 0 Å². The fourth-order valence-electron chi connectivity index (χ4n) is 2.95. The predicted molar refractivity (Wildman–Crippen MR) is 89.9 cm³/mol. The molecular weight excluding hydrogens is 376 g/mol. The first-order valence-corrected chi connectivity index (χ1v) is 9.47. The van der Waals surface area contributed by atoms with E-state index in [0.717, 1.165) is 0 Å². The number of hydrogen-bond acceptors (Lipinski definition) is 10. The molecule has 2 rings (SSSR count). The van der Waals surface area contributed by atoms with Crippen LogP contribution >= 0.6 is 0 Å². The maximum absolute atomic E-state index is 12.3. The Labute approximate surface area is 162 Å². The molecule has 158 valence electrons. The molecule has 10 heteroatoms. The van der Waals surface area contributed by atoms with Crippen molar-refractivity contribution in [2.75, 3.05) is 0 Å². The molecule has 2 aliphatic heterocycles. The van der Waals surface area contributed by atoms with Gasteiger partial charge in [0.05, 0.1) is 12.5 Å². The summed E-state index contributed by atoms with van der Waals surface area (Å²) < 4.78 is 20.4. The lowest BCUT2D eigenvalue weighted by Gasteiger charge is -2.42. The highest BCUT2D eigenvalue weighted by atomic mass is 16.9. The lowest BCUT2D eigenvalue weighted by atomic mass is 10.0. The number of aliphatic hydroxyl groups is 2. The highest BCUT2D eigenvalue weighted by Crippen LogP contribution is 2.39. The average Bonchev–Trinajstić information content (AvgIpc) is 2.72. The SMILES string of the molecule is CCC(O)CC1(C2(O)OC(=O)CCCCC(=O)O2)OC(=O)CCCCC(=O)O1. The van der Waals surface area contributed by atoms with E-state index < -0.39 is 48.2 Å². The van der Waals surface area contributed by atoms with Gasteiger partial charge in [0.2, 0.25) is 0 Å². The van der Waals surface area contributed by atoms with Crippen LogP contribution in [0, 0.1) is 0 Å². The number of aliphatic hydroxyl groups excluding tert-OH is 1. The Morgan fingerprint density at radius 2 is 1.14 bits per heavy atom. The average molecular weight is 402 g/mol. The van der Waals surface area contributed by atoms with Crippen molar-refractivity contribution < 1.29 is 48.3 Å². The van der Waals surface area contributed by atoms with Gasteiger partial charge in [-0.1, -0.05) is 6.92 Å². The normalized spacial score (nSPS) is 24.5. The molecule has 0 aromatic carbocycles. The first-order valence-electron chi connectivity index (χ1n) is 9.47. The second-order valence-corrected chi connectivity index (χ2v) is 6.91. The van der Waals surface area contributed by atoms with Crippen LogP contribution in [-0.2, 0) is 38.1 Å². The summed E-state index contributed by atoms with van der Waals surface area (Å²) in [6, 6.07) is 0. The van der Waals surface area contributed by atoms with Crippen LogP contribution in [0.4, 0.5) is 0 Å². The Morgan fingerprint density at radius 1 is 0.786 bits per heavy atom. The lowest BCUT2D eigenvalue weighted by Crippen LogP contribution is -2.64. The van der Waals surface area contributed by atoms with E-state index in [4.69, 9.17) is 18.9 Å². The molecule has 2 N–H and O–H groups in total. The summed E-state index contributed by atoms with van der Waals surface area (Å²) in [5.74, 6) is -9.55. The van der Waals surface area contributed by atoms with Crippen molar-refractivity contribution in [3.8, 4) is 0 Å². The molecule has 0 aliphatic carbocycles. The molecule has 0 spiro atoms. The van der Waals surface area contributed by atoms with Gasteiger partial charge in [-0.3, -0.25) is 19.2 Å². The molecular formula is C18H26O10. The molecule has 10 nitrogen and oxygen atoms in total. The number of rotatable bonds is 4. The Morgan fingerprint density at radius 3 is 1.50 bits per heavy atom. The van der Waals surface area contributed by atoms with Gasteiger partial charge in [-0.2, -0.15) is 0 Å². The van der Waals surface area contributed by atoms with Crippen molar-refractivity contribution in [3.05, 3.63) is 0 Å². The third-order valence-corrected chi connectivity index (χ3v) is 4.54. The molecule has 2 heterocycles. The van der Waals surface area contributed by atoms with Gasteiger partial charge in [-0.15, -0.1) is 0 Å². The van der Waals surface area contributed by atoms with Crippen LogP contribution < -0.4 is 0 Å². The Bertz CT molecular complexity index is 573. The zero-order chi connectivity index (χ0) is 20.8. The molecule has 28 heavy (non-hydrogen) atoms. The summed E-state index contributed by atoms with van der Waals surface area (Å²) in [6.07, 6.45) is -0.917. The fourth-order valence-corrected chi connectivity index (χ4v) is 2.95. The monoisotopic (exact) mass is 402 g/mol. The van der Waals surface area contributed by atoms with Crippen molar-refractivity contribution >= 4 is 23.9 Å².